The summed E-state index contributed by atoms with van der Waals surface area (Å²) in [5.74, 6) is 0. The third-order valence-corrected chi connectivity index (χ3v) is 4.13. The number of hydrogen-bond acceptors (Lipinski definition) is 2. The summed E-state index contributed by atoms with van der Waals surface area (Å²) in [6.45, 7) is 0. The maximum absolute atomic E-state index is 4.14. The van der Waals surface area contributed by atoms with E-state index in [9.17, 15) is 0 Å². The summed E-state index contributed by atoms with van der Waals surface area (Å²) in [6, 6.07) is 14.4. The highest BCUT2D eigenvalue weighted by molar-refractivity contribution is 9.11. The summed E-state index contributed by atoms with van der Waals surface area (Å²) in [4.78, 5) is 4.14. The predicted molar refractivity (Wildman–Crippen MR) is 72.8 cm³/mol. The number of benzene rings is 2. The Morgan fingerprint density at radius 3 is 2.31 bits per heavy atom. The molecule has 1 nitrogen and oxygen atoms in total. The number of para-hydroxylation sites is 1. The first kappa shape index (κ1) is 10.00. The van der Waals surface area contributed by atoms with Crippen molar-refractivity contribution in [3.05, 3.63) is 52.4 Å². The maximum Gasteiger partial charge on any atom is 0.0812 e. The Morgan fingerprint density at radius 2 is 1.69 bits per heavy atom. The molecule has 2 aliphatic carbocycles. The van der Waals surface area contributed by atoms with E-state index in [2.05, 4.69) is 45.2 Å². The second kappa shape index (κ2) is 4.00. The van der Waals surface area contributed by atoms with Crippen molar-refractivity contribution in [2.24, 2.45) is 0 Å². The highest BCUT2D eigenvalue weighted by atomic mass is 79.9. The molecule has 1 heterocycles. The van der Waals surface area contributed by atoms with E-state index in [0.29, 0.717) is 0 Å². The smallest absolute Gasteiger partial charge is 0.0812 e. The second-order valence-electron chi connectivity index (χ2n) is 3.49. The van der Waals surface area contributed by atoms with Gasteiger partial charge in [-0.3, -0.25) is 0 Å². The first-order chi connectivity index (χ1) is 7.86. The summed E-state index contributed by atoms with van der Waals surface area (Å²) < 4.78 is 2.56. The molecule has 0 spiro atoms. The average molecular weight is 290 g/mol. The first-order valence-electron chi connectivity index (χ1n) is 4.93. The minimum Gasteiger partial charge on any atom is -0.245 e. The molecule has 3 heteroatoms. The molecule has 0 atom stereocenters. The summed E-state index contributed by atoms with van der Waals surface area (Å²) in [5, 5.41) is 0. The van der Waals surface area contributed by atoms with E-state index in [1.807, 2.05) is 23.7 Å². The van der Waals surface area contributed by atoms with Crippen molar-refractivity contribution >= 4 is 37.5 Å². The van der Waals surface area contributed by atoms with Gasteiger partial charge in [-0.15, -0.1) is 11.3 Å². The Kier molecular flexibility index (Phi) is 2.50. The van der Waals surface area contributed by atoms with Gasteiger partial charge in [0, 0.05) is 4.47 Å². The lowest BCUT2D eigenvalue weighted by molar-refractivity contribution is 1.50. The van der Waals surface area contributed by atoms with Gasteiger partial charge >= 0.3 is 0 Å². The molecule has 0 amide bonds. The van der Waals surface area contributed by atoms with Crippen LogP contribution in [0, 0.1) is 0 Å². The summed E-state index contributed by atoms with van der Waals surface area (Å²) in [7, 11) is 0. The zero-order valence-corrected chi connectivity index (χ0v) is 10.8. The number of aromatic nitrogens is 1. The average Bonchev–Trinajstić information content (AvgIpc) is 2.84. The first-order valence-corrected chi connectivity index (χ1v) is 6.60. The van der Waals surface area contributed by atoms with Gasteiger partial charge in [-0.2, -0.15) is 0 Å². The summed E-state index contributed by atoms with van der Waals surface area (Å²) >= 11 is 5.06. The van der Waals surface area contributed by atoms with Crippen LogP contribution in [-0.2, 0) is 0 Å². The molecule has 2 aliphatic rings. The fraction of sp³-hybridized carbons (Fsp3) is 0. The molecule has 0 saturated heterocycles. The van der Waals surface area contributed by atoms with Crippen LogP contribution in [0.15, 0.2) is 52.4 Å². The van der Waals surface area contributed by atoms with E-state index < -0.39 is 0 Å². The van der Waals surface area contributed by atoms with Crippen LogP contribution in [0.3, 0.4) is 0 Å². The number of thiazole rings is 1. The molecule has 1 aromatic heterocycles. The molecule has 0 bridgehead atoms. The molecular weight excluding hydrogens is 282 g/mol. The Labute approximate surface area is 106 Å². The van der Waals surface area contributed by atoms with Crippen LogP contribution >= 0.6 is 27.3 Å². The van der Waals surface area contributed by atoms with E-state index in [-0.39, 0.29) is 0 Å². The number of halogens is 1. The number of hydrogen-bond donors (Lipinski definition) is 0. The van der Waals surface area contributed by atoms with Crippen molar-refractivity contribution in [3.8, 4) is 11.1 Å². The lowest BCUT2D eigenvalue weighted by Gasteiger charge is -1.80. The van der Waals surface area contributed by atoms with Crippen LogP contribution in [-0.4, -0.2) is 4.98 Å². The Balaban J connectivity index is 0.000000104. The van der Waals surface area contributed by atoms with E-state index in [0.717, 1.165) is 5.52 Å². The summed E-state index contributed by atoms with van der Waals surface area (Å²) in [6.07, 6.45) is 0. The lowest BCUT2D eigenvalue weighted by Crippen LogP contribution is -1.61. The minimum atomic E-state index is 1.10. The molecule has 78 valence electrons. The molecule has 0 unspecified atom stereocenters. The molecule has 0 saturated carbocycles. The highest BCUT2D eigenvalue weighted by Gasteiger charge is 2.19. The van der Waals surface area contributed by atoms with Crippen molar-refractivity contribution in [2.45, 2.75) is 0 Å². The van der Waals surface area contributed by atoms with Gasteiger partial charge in [0.2, 0.25) is 0 Å². The Morgan fingerprint density at radius 1 is 0.938 bits per heavy atom. The van der Waals surface area contributed by atoms with Gasteiger partial charge in [0.1, 0.15) is 0 Å². The third kappa shape index (κ3) is 1.77. The standard InChI is InChI=1S/C7H5NS.C6H3Br/c1-2-4-7-6(3-1)8-5-9-7;7-6-4-2-1-3-5(4)6/h1-5H;1-3H. The topological polar surface area (TPSA) is 12.9 Å². The van der Waals surface area contributed by atoms with Crippen LogP contribution in [0.4, 0.5) is 0 Å². The zero-order valence-electron chi connectivity index (χ0n) is 8.35. The molecule has 2 aromatic rings. The van der Waals surface area contributed by atoms with Gasteiger partial charge in [0.25, 0.3) is 0 Å². The molecule has 16 heavy (non-hydrogen) atoms. The second-order valence-corrected chi connectivity index (χ2v) is 5.17. The SMILES string of the molecule is Brc1c2cccc1-2.c1ccc2scnc2c1. The predicted octanol–water partition coefficient (Wildman–Crippen LogP) is 4.73. The van der Waals surface area contributed by atoms with Crippen LogP contribution in [0.1, 0.15) is 0 Å². The van der Waals surface area contributed by atoms with Crippen molar-refractivity contribution < 1.29 is 0 Å². The monoisotopic (exact) mass is 289 g/mol. The van der Waals surface area contributed by atoms with E-state index in [4.69, 9.17) is 0 Å². The molecule has 0 N–H and O–H groups in total. The van der Waals surface area contributed by atoms with Gasteiger partial charge < -0.3 is 0 Å². The van der Waals surface area contributed by atoms with Crippen LogP contribution in [0.5, 0.6) is 0 Å². The van der Waals surface area contributed by atoms with Gasteiger partial charge in [0.15, 0.2) is 0 Å². The zero-order chi connectivity index (χ0) is 11.0. The number of nitrogens with zero attached hydrogens (tertiary/aromatic N) is 1. The molecule has 1 aromatic carbocycles. The fourth-order valence-electron chi connectivity index (χ4n) is 1.56. The highest BCUT2D eigenvalue weighted by Crippen LogP contribution is 2.47. The molecular formula is C13H8BrNS. The van der Waals surface area contributed by atoms with Crippen molar-refractivity contribution in [2.75, 3.05) is 0 Å². The van der Waals surface area contributed by atoms with E-state index in [1.165, 1.54) is 20.3 Å². The fourth-order valence-corrected chi connectivity index (χ4v) is 2.83. The molecule has 0 radical (unpaired) electrons. The van der Waals surface area contributed by atoms with Crippen LogP contribution < -0.4 is 0 Å². The maximum atomic E-state index is 4.14. The number of rotatable bonds is 0. The van der Waals surface area contributed by atoms with Crippen LogP contribution in [0.2, 0.25) is 0 Å². The summed E-state index contributed by atoms with van der Waals surface area (Å²) in [5.41, 5.74) is 5.74. The largest absolute Gasteiger partial charge is 0.245 e. The van der Waals surface area contributed by atoms with Crippen molar-refractivity contribution in [1.82, 2.24) is 4.98 Å². The van der Waals surface area contributed by atoms with Gasteiger partial charge in [0.05, 0.1) is 15.7 Å². The lowest BCUT2D eigenvalue weighted by atomic mass is 10.3. The Hall–Kier alpha value is -1.19. The van der Waals surface area contributed by atoms with E-state index in [1.54, 1.807) is 11.3 Å². The van der Waals surface area contributed by atoms with Gasteiger partial charge in [-0.05, 0) is 39.2 Å². The molecule has 4 rings (SSSR count). The minimum absolute atomic E-state index is 1.10. The number of fused-ring (bicyclic) bond motifs is 2. The van der Waals surface area contributed by atoms with Crippen molar-refractivity contribution in [1.29, 1.82) is 0 Å². The van der Waals surface area contributed by atoms with Crippen LogP contribution in [0.25, 0.3) is 21.3 Å². The van der Waals surface area contributed by atoms with Crippen molar-refractivity contribution in [3.63, 3.8) is 0 Å². The molecule has 0 aliphatic heterocycles. The van der Waals surface area contributed by atoms with Gasteiger partial charge in [-0.1, -0.05) is 30.3 Å². The normalized spacial score (nSPS) is 10.8. The van der Waals surface area contributed by atoms with Gasteiger partial charge in [-0.25, -0.2) is 4.98 Å². The molecule has 0 fully saturated rings. The quantitative estimate of drug-likeness (QED) is 0.456. The van der Waals surface area contributed by atoms with E-state index >= 15 is 0 Å². The third-order valence-electron chi connectivity index (χ3n) is 2.46. The Bertz CT molecular complexity index is 595.